The van der Waals surface area contributed by atoms with E-state index in [1.165, 1.54) is 25.4 Å². The Balaban J connectivity index is 2.00. The Kier molecular flexibility index (Phi) is 5.42. The molecule has 0 saturated carbocycles. The lowest BCUT2D eigenvalue weighted by Crippen LogP contribution is -2.39. The topological polar surface area (TPSA) is 133 Å². The maximum absolute atomic E-state index is 11.3. The van der Waals surface area contributed by atoms with Gasteiger partial charge in [-0.1, -0.05) is 0 Å². The lowest BCUT2D eigenvalue weighted by Gasteiger charge is -2.07. The lowest BCUT2D eigenvalue weighted by atomic mass is 10.2. The van der Waals surface area contributed by atoms with E-state index in [1.54, 1.807) is 29.7 Å². The Morgan fingerprint density at radius 3 is 2.29 bits per heavy atom. The van der Waals surface area contributed by atoms with Crippen LogP contribution in [-0.4, -0.2) is 29.9 Å². The normalized spacial score (nSPS) is 9.75. The predicted molar refractivity (Wildman–Crippen MR) is 83.1 cm³/mol. The molecule has 124 valence electrons. The summed E-state index contributed by atoms with van der Waals surface area (Å²) in [5.74, 6) is 3.26. The van der Waals surface area contributed by atoms with Gasteiger partial charge in [0.15, 0.2) is 0 Å². The van der Waals surface area contributed by atoms with Crippen LogP contribution in [-0.2, 0) is 14.3 Å². The van der Waals surface area contributed by atoms with Gasteiger partial charge >= 0.3 is 17.8 Å². The molecule has 2 aromatic rings. The molecular weight excluding hydrogens is 316 g/mol. The number of ether oxygens (including phenoxy) is 2. The molecule has 1 aromatic carbocycles. The first-order valence-electron chi connectivity index (χ1n) is 6.67. The van der Waals surface area contributed by atoms with Crippen LogP contribution < -0.4 is 21.3 Å². The van der Waals surface area contributed by atoms with E-state index in [9.17, 15) is 14.4 Å². The van der Waals surface area contributed by atoms with Gasteiger partial charge in [-0.25, -0.2) is 15.6 Å². The van der Waals surface area contributed by atoms with Gasteiger partial charge in [0.1, 0.15) is 5.75 Å². The van der Waals surface area contributed by atoms with Crippen molar-refractivity contribution in [3.8, 4) is 11.6 Å². The summed E-state index contributed by atoms with van der Waals surface area (Å²) >= 11 is 0. The number of hydrogen-bond donors (Lipinski definition) is 3. The summed E-state index contributed by atoms with van der Waals surface area (Å²) < 4.78 is 10.1. The molecule has 4 N–H and O–H groups in total. The molecule has 1 aromatic heterocycles. The molecule has 0 radical (unpaired) electrons. The van der Waals surface area contributed by atoms with Gasteiger partial charge in [-0.3, -0.25) is 15.0 Å². The van der Waals surface area contributed by atoms with Crippen molar-refractivity contribution in [2.45, 2.75) is 0 Å². The van der Waals surface area contributed by atoms with E-state index >= 15 is 0 Å². The average molecular weight is 330 g/mol. The molecule has 9 nitrogen and oxygen atoms in total. The van der Waals surface area contributed by atoms with Gasteiger partial charge in [0, 0.05) is 6.07 Å². The van der Waals surface area contributed by atoms with Crippen LogP contribution in [0, 0.1) is 0 Å². The van der Waals surface area contributed by atoms with Crippen molar-refractivity contribution in [2.24, 2.45) is 5.84 Å². The quantitative estimate of drug-likeness (QED) is 0.246. The molecular formula is C15H14N4O5. The second-order valence-corrected chi connectivity index (χ2v) is 4.43. The maximum Gasteiger partial charge on any atom is 0.337 e. The minimum Gasteiger partial charge on any atom is -0.465 e. The molecule has 0 fully saturated rings. The van der Waals surface area contributed by atoms with E-state index in [0.717, 1.165) is 0 Å². The van der Waals surface area contributed by atoms with E-state index in [1.807, 2.05) is 0 Å². The minimum atomic E-state index is -0.971. The van der Waals surface area contributed by atoms with E-state index in [4.69, 9.17) is 10.6 Å². The van der Waals surface area contributed by atoms with Crippen molar-refractivity contribution in [1.82, 2.24) is 10.4 Å². The largest absolute Gasteiger partial charge is 0.465 e. The number of nitrogens with two attached hydrogens (primary N) is 1. The summed E-state index contributed by atoms with van der Waals surface area (Å²) in [5, 5.41) is 2.31. The zero-order chi connectivity index (χ0) is 17.5. The highest BCUT2D eigenvalue weighted by atomic mass is 16.5. The van der Waals surface area contributed by atoms with Gasteiger partial charge < -0.3 is 14.8 Å². The standard InChI is InChI=1S/C15H14N4O5/c1-23-15(22)9-2-5-11(6-3-9)24-12-7-4-10(8-17-12)18-13(20)14(21)19-16/h2-8H,16H2,1H3,(H,18,20)(H,19,21). The number of anilines is 1. The molecule has 0 atom stereocenters. The fourth-order valence-corrected chi connectivity index (χ4v) is 1.67. The van der Waals surface area contributed by atoms with E-state index in [2.05, 4.69) is 15.0 Å². The zero-order valence-corrected chi connectivity index (χ0v) is 12.6. The highest BCUT2D eigenvalue weighted by molar-refractivity contribution is 6.39. The number of rotatable bonds is 4. The van der Waals surface area contributed by atoms with Crippen molar-refractivity contribution in [3.05, 3.63) is 48.2 Å². The van der Waals surface area contributed by atoms with Crippen LogP contribution in [0.1, 0.15) is 10.4 Å². The average Bonchev–Trinajstić information content (AvgIpc) is 2.62. The van der Waals surface area contributed by atoms with Crippen LogP contribution in [0.5, 0.6) is 11.6 Å². The number of aromatic nitrogens is 1. The van der Waals surface area contributed by atoms with E-state index < -0.39 is 17.8 Å². The fraction of sp³-hybridized carbons (Fsp3) is 0.0667. The number of methoxy groups -OCH3 is 1. The van der Waals surface area contributed by atoms with Crippen LogP contribution in [0.2, 0.25) is 0 Å². The number of hydrazine groups is 1. The predicted octanol–water partition coefficient (Wildman–Crippen LogP) is 0.589. The minimum absolute atomic E-state index is 0.266. The number of nitrogens with zero attached hydrogens (tertiary/aromatic N) is 1. The van der Waals surface area contributed by atoms with Crippen molar-refractivity contribution >= 4 is 23.5 Å². The molecule has 2 amide bonds. The van der Waals surface area contributed by atoms with Crippen molar-refractivity contribution in [1.29, 1.82) is 0 Å². The summed E-state index contributed by atoms with van der Waals surface area (Å²) in [5.41, 5.74) is 2.42. The van der Waals surface area contributed by atoms with Crippen LogP contribution in [0.4, 0.5) is 5.69 Å². The van der Waals surface area contributed by atoms with Crippen molar-refractivity contribution in [3.63, 3.8) is 0 Å². The van der Waals surface area contributed by atoms with Gasteiger partial charge in [0.2, 0.25) is 5.88 Å². The van der Waals surface area contributed by atoms with Gasteiger partial charge in [0.05, 0.1) is 24.6 Å². The first-order valence-corrected chi connectivity index (χ1v) is 6.67. The molecule has 0 bridgehead atoms. The Bertz CT molecular complexity index is 743. The van der Waals surface area contributed by atoms with E-state index in [0.29, 0.717) is 17.0 Å². The third kappa shape index (κ3) is 4.27. The Morgan fingerprint density at radius 2 is 1.75 bits per heavy atom. The fourth-order valence-electron chi connectivity index (χ4n) is 1.67. The maximum atomic E-state index is 11.3. The first-order chi connectivity index (χ1) is 11.5. The van der Waals surface area contributed by atoms with Gasteiger partial charge in [0.25, 0.3) is 0 Å². The lowest BCUT2D eigenvalue weighted by molar-refractivity contribution is -0.136. The number of carbonyl (C=O) groups is 3. The second-order valence-electron chi connectivity index (χ2n) is 4.43. The Hall–Kier alpha value is -3.46. The molecule has 0 aliphatic carbocycles. The Labute approximate surface area is 136 Å². The molecule has 0 aliphatic rings. The number of carbonyl (C=O) groups excluding carboxylic acids is 3. The third-order valence-corrected chi connectivity index (χ3v) is 2.83. The Morgan fingerprint density at radius 1 is 1.04 bits per heavy atom. The summed E-state index contributed by atoms with van der Waals surface area (Å²) in [6.45, 7) is 0. The molecule has 0 aliphatic heterocycles. The highest BCUT2D eigenvalue weighted by Gasteiger charge is 2.12. The van der Waals surface area contributed by atoms with Crippen molar-refractivity contribution < 1.29 is 23.9 Å². The number of hydrogen-bond acceptors (Lipinski definition) is 7. The SMILES string of the molecule is COC(=O)c1ccc(Oc2ccc(NC(=O)C(=O)NN)cn2)cc1. The molecule has 0 spiro atoms. The summed E-state index contributed by atoms with van der Waals surface area (Å²) in [6.07, 6.45) is 1.32. The highest BCUT2D eigenvalue weighted by Crippen LogP contribution is 2.21. The molecule has 0 unspecified atom stereocenters. The van der Waals surface area contributed by atoms with Gasteiger partial charge in [-0.15, -0.1) is 0 Å². The summed E-state index contributed by atoms with van der Waals surface area (Å²) in [7, 11) is 1.30. The number of benzene rings is 1. The van der Waals surface area contributed by atoms with Crippen molar-refractivity contribution in [2.75, 3.05) is 12.4 Å². The molecule has 1 heterocycles. The van der Waals surface area contributed by atoms with Gasteiger partial charge in [-0.2, -0.15) is 0 Å². The van der Waals surface area contributed by atoms with Crippen LogP contribution in [0.15, 0.2) is 42.6 Å². The summed E-state index contributed by atoms with van der Waals surface area (Å²) in [6, 6.07) is 9.31. The monoisotopic (exact) mass is 330 g/mol. The van der Waals surface area contributed by atoms with Crippen LogP contribution in [0.25, 0.3) is 0 Å². The number of esters is 1. The number of nitrogens with one attached hydrogen (secondary N) is 2. The molecule has 24 heavy (non-hydrogen) atoms. The van der Waals surface area contributed by atoms with E-state index in [-0.39, 0.29) is 5.88 Å². The first kappa shape index (κ1) is 16.9. The molecule has 2 rings (SSSR count). The third-order valence-electron chi connectivity index (χ3n) is 2.83. The number of amides is 2. The van der Waals surface area contributed by atoms with Crippen LogP contribution in [0.3, 0.4) is 0 Å². The molecule has 0 saturated heterocycles. The molecule has 9 heteroatoms. The summed E-state index contributed by atoms with van der Waals surface area (Å²) in [4.78, 5) is 37.7. The van der Waals surface area contributed by atoms with Crippen LogP contribution >= 0.6 is 0 Å². The smallest absolute Gasteiger partial charge is 0.337 e. The second kappa shape index (κ2) is 7.70. The zero-order valence-electron chi connectivity index (χ0n) is 12.6. The number of pyridine rings is 1. The van der Waals surface area contributed by atoms with Gasteiger partial charge in [-0.05, 0) is 30.3 Å².